The number of nitrogens with zero attached hydrogens (tertiary/aromatic N) is 1. The van der Waals surface area contributed by atoms with Crippen molar-refractivity contribution >= 4 is 16.7 Å². The van der Waals surface area contributed by atoms with Gasteiger partial charge in [0.25, 0.3) is 0 Å². The number of allylic oxidation sites excluding steroid dienone is 2. The molecule has 1 aromatic heterocycles. The van der Waals surface area contributed by atoms with Gasteiger partial charge < -0.3 is 9.84 Å². The third kappa shape index (κ3) is 6.75. The number of methoxy groups -OCH3 is 1. The zero-order chi connectivity index (χ0) is 21.7. The van der Waals surface area contributed by atoms with Crippen LogP contribution in [0.5, 0.6) is 5.75 Å². The van der Waals surface area contributed by atoms with Crippen molar-refractivity contribution in [3.63, 3.8) is 0 Å². The Morgan fingerprint density at radius 2 is 1.80 bits per heavy atom. The smallest absolute Gasteiger partial charge is 0.155 e. The Kier molecular flexibility index (Phi) is 9.34. The molecule has 0 saturated heterocycles. The van der Waals surface area contributed by atoms with E-state index in [2.05, 4.69) is 17.1 Å². The number of hydrogen-bond donors (Lipinski definition) is 1. The van der Waals surface area contributed by atoms with Crippen molar-refractivity contribution in [3.05, 3.63) is 70.7 Å². The number of ketones is 1. The molecule has 161 valence electrons. The van der Waals surface area contributed by atoms with Gasteiger partial charge in [0.1, 0.15) is 11.6 Å². The first kappa shape index (κ1) is 25.5. The number of carbonyl (C=O) groups is 1. The van der Waals surface area contributed by atoms with Crippen LogP contribution in [-0.4, -0.2) is 23.0 Å². The Balaban J connectivity index is 0.000000489. The maximum atomic E-state index is 13.7. The van der Waals surface area contributed by atoms with E-state index in [0.29, 0.717) is 11.3 Å². The molecule has 0 fully saturated rings. The summed E-state index contributed by atoms with van der Waals surface area (Å²) in [6.07, 6.45) is 1.17. The predicted octanol–water partition coefficient (Wildman–Crippen LogP) is 5.81. The Hall–Kier alpha value is -2.56. The molecule has 6 heteroatoms. The van der Waals surface area contributed by atoms with Gasteiger partial charge in [-0.2, -0.15) is 0 Å². The SMILES string of the molecule is CC(=O)/C=C(/C)O.COc1cc2cc(F)c(C)cc2nc1-c1[c-]c(C)cc(C)c1.[Ir]. The van der Waals surface area contributed by atoms with Crippen molar-refractivity contribution in [3.8, 4) is 17.0 Å². The summed E-state index contributed by atoms with van der Waals surface area (Å²) >= 11 is 0. The molecule has 3 aromatic rings. The van der Waals surface area contributed by atoms with Gasteiger partial charge in [-0.15, -0.1) is 34.9 Å². The summed E-state index contributed by atoms with van der Waals surface area (Å²) < 4.78 is 19.2. The number of halogens is 1. The molecule has 2 aromatic carbocycles. The summed E-state index contributed by atoms with van der Waals surface area (Å²) in [4.78, 5) is 14.7. The van der Waals surface area contributed by atoms with Gasteiger partial charge in [0.15, 0.2) is 5.78 Å². The van der Waals surface area contributed by atoms with Crippen LogP contribution >= 0.6 is 0 Å². The molecule has 1 radical (unpaired) electrons. The zero-order valence-corrected chi connectivity index (χ0v) is 20.3. The second-order valence-corrected chi connectivity index (χ2v) is 6.98. The molecule has 30 heavy (non-hydrogen) atoms. The van der Waals surface area contributed by atoms with E-state index >= 15 is 0 Å². The second kappa shape index (κ2) is 11.0. The molecule has 0 unspecified atom stereocenters. The number of rotatable bonds is 3. The summed E-state index contributed by atoms with van der Waals surface area (Å²) in [7, 11) is 1.60. The Morgan fingerprint density at radius 1 is 1.13 bits per heavy atom. The molecule has 3 rings (SSSR count). The fourth-order valence-electron chi connectivity index (χ4n) is 2.94. The van der Waals surface area contributed by atoms with Crippen LogP contribution in [0.4, 0.5) is 4.39 Å². The molecule has 0 spiro atoms. The van der Waals surface area contributed by atoms with Crippen LogP contribution in [0.3, 0.4) is 0 Å². The third-order valence-electron chi connectivity index (χ3n) is 4.10. The molecule has 0 bridgehead atoms. The number of pyridine rings is 1. The number of carbonyl (C=O) groups excluding carboxylic acids is 1. The fraction of sp³-hybridized carbons (Fsp3) is 0.250. The Labute approximate surface area is 190 Å². The van der Waals surface area contributed by atoms with Crippen molar-refractivity contribution in [1.82, 2.24) is 4.98 Å². The van der Waals surface area contributed by atoms with E-state index in [9.17, 15) is 9.18 Å². The van der Waals surface area contributed by atoms with E-state index in [1.165, 1.54) is 26.0 Å². The summed E-state index contributed by atoms with van der Waals surface area (Å²) in [6.45, 7) is 8.63. The van der Waals surface area contributed by atoms with E-state index in [4.69, 9.17) is 9.84 Å². The molecule has 0 saturated carbocycles. The molecule has 0 amide bonds. The number of aliphatic hydroxyl groups is 1. The van der Waals surface area contributed by atoms with Crippen LogP contribution in [0.15, 0.2) is 42.2 Å². The van der Waals surface area contributed by atoms with E-state index in [1.54, 1.807) is 20.1 Å². The normalized spacial score (nSPS) is 10.7. The minimum atomic E-state index is -0.234. The second-order valence-electron chi connectivity index (χ2n) is 6.98. The average molecular weight is 587 g/mol. The van der Waals surface area contributed by atoms with Crippen molar-refractivity contribution in [2.75, 3.05) is 7.11 Å². The standard InChI is InChI=1S/C19H17FNO.C5H8O2.Ir/c1-11-5-12(2)7-15(6-11)19-18(22-4)10-14-9-16(20)13(3)8-17(14)21-19;1-4(6)3-5(2)7;/h5-6,8-10H,1-4H3;3,6H,1-2H3;/q-1;;/b;4-3-;. The molecule has 1 heterocycles. The van der Waals surface area contributed by atoms with Gasteiger partial charge in [0.2, 0.25) is 0 Å². The maximum absolute atomic E-state index is 13.7. The molecular weight excluding hydrogens is 561 g/mol. The largest absolute Gasteiger partial charge is 0.512 e. The van der Waals surface area contributed by atoms with E-state index < -0.39 is 0 Å². The van der Waals surface area contributed by atoms with Gasteiger partial charge in [-0.1, -0.05) is 13.8 Å². The number of benzene rings is 2. The summed E-state index contributed by atoms with van der Waals surface area (Å²) in [6, 6.07) is 12.5. The monoisotopic (exact) mass is 587 g/mol. The number of aliphatic hydroxyl groups excluding tert-OH is 1. The molecule has 0 atom stereocenters. The van der Waals surface area contributed by atoms with E-state index in [0.717, 1.165) is 33.3 Å². The van der Waals surface area contributed by atoms with Crippen molar-refractivity contribution < 1.29 is 39.1 Å². The number of fused-ring (bicyclic) bond motifs is 1. The number of aryl methyl sites for hydroxylation is 3. The van der Waals surface area contributed by atoms with E-state index in [-0.39, 0.29) is 37.5 Å². The number of aromatic nitrogens is 1. The zero-order valence-electron chi connectivity index (χ0n) is 17.9. The summed E-state index contributed by atoms with van der Waals surface area (Å²) in [5.74, 6) is 0.326. The first-order valence-electron chi connectivity index (χ1n) is 9.14. The van der Waals surface area contributed by atoms with Gasteiger partial charge in [0, 0.05) is 37.3 Å². The van der Waals surface area contributed by atoms with Gasteiger partial charge in [-0.05, 0) is 44.5 Å². The van der Waals surface area contributed by atoms with Gasteiger partial charge in [0.05, 0.1) is 18.4 Å². The quantitative estimate of drug-likeness (QED) is 0.239. The average Bonchev–Trinajstić information content (AvgIpc) is 2.60. The predicted molar refractivity (Wildman–Crippen MR) is 114 cm³/mol. The molecule has 0 aliphatic carbocycles. The minimum Gasteiger partial charge on any atom is -0.512 e. The van der Waals surface area contributed by atoms with Crippen LogP contribution < -0.4 is 4.74 Å². The summed E-state index contributed by atoms with van der Waals surface area (Å²) in [5.41, 5.74) is 5.15. The first-order chi connectivity index (χ1) is 13.6. The van der Waals surface area contributed by atoms with Gasteiger partial charge >= 0.3 is 0 Å². The maximum Gasteiger partial charge on any atom is 0.155 e. The van der Waals surface area contributed by atoms with Gasteiger partial charge in [-0.3, -0.25) is 9.78 Å². The Bertz CT molecular complexity index is 1070. The summed E-state index contributed by atoms with van der Waals surface area (Å²) in [5, 5.41) is 9.09. The molecule has 0 aliphatic rings. The molecular formula is C24H25FIrNO3-. The third-order valence-corrected chi connectivity index (χ3v) is 4.10. The topological polar surface area (TPSA) is 59.4 Å². The van der Waals surface area contributed by atoms with Crippen molar-refractivity contribution in [2.24, 2.45) is 0 Å². The van der Waals surface area contributed by atoms with Crippen LogP contribution in [0.1, 0.15) is 30.5 Å². The van der Waals surface area contributed by atoms with Crippen LogP contribution in [0, 0.1) is 32.7 Å². The molecule has 1 N–H and O–H groups in total. The van der Waals surface area contributed by atoms with Crippen LogP contribution in [0.25, 0.3) is 22.2 Å². The molecule has 4 nitrogen and oxygen atoms in total. The fourth-order valence-corrected chi connectivity index (χ4v) is 2.94. The Morgan fingerprint density at radius 3 is 2.30 bits per heavy atom. The number of ether oxygens (including phenoxy) is 1. The first-order valence-corrected chi connectivity index (χ1v) is 9.14. The minimum absolute atomic E-state index is 0. The van der Waals surface area contributed by atoms with Gasteiger partial charge in [-0.25, -0.2) is 4.39 Å². The van der Waals surface area contributed by atoms with E-state index in [1.807, 2.05) is 26.0 Å². The molecule has 0 aliphatic heterocycles. The van der Waals surface area contributed by atoms with Crippen molar-refractivity contribution in [1.29, 1.82) is 0 Å². The van der Waals surface area contributed by atoms with Crippen LogP contribution in [-0.2, 0) is 24.9 Å². The van der Waals surface area contributed by atoms with Crippen molar-refractivity contribution in [2.45, 2.75) is 34.6 Å². The number of hydrogen-bond acceptors (Lipinski definition) is 4. The van der Waals surface area contributed by atoms with Crippen LogP contribution in [0.2, 0.25) is 0 Å².